The highest BCUT2D eigenvalue weighted by molar-refractivity contribution is 5.59. The van der Waals surface area contributed by atoms with Gasteiger partial charge in [-0.3, -0.25) is 10.1 Å². The first-order chi connectivity index (χ1) is 9.08. The smallest absolute Gasteiger partial charge is 0.272 e. The zero-order valence-electron chi connectivity index (χ0n) is 11.5. The van der Waals surface area contributed by atoms with E-state index in [1.165, 1.54) is 12.8 Å². The Balaban J connectivity index is 2.04. The topological polar surface area (TPSA) is 67.2 Å². The molecule has 0 bridgehead atoms. The molecule has 19 heavy (non-hydrogen) atoms. The second kappa shape index (κ2) is 6.02. The molecule has 0 aliphatic carbocycles. The Hall–Kier alpha value is -1.62. The highest BCUT2D eigenvalue weighted by Crippen LogP contribution is 2.26. The molecular formula is C14H21N3O2. The second-order valence-corrected chi connectivity index (χ2v) is 5.30. The number of hydrogen-bond acceptors (Lipinski definition) is 4. The minimum atomic E-state index is -0.322. The molecule has 1 aromatic rings. The molecule has 5 heteroatoms. The average molecular weight is 263 g/mol. The summed E-state index contributed by atoms with van der Waals surface area (Å²) in [7, 11) is 0. The van der Waals surface area contributed by atoms with E-state index in [0.29, 0.717) is 11.5 Å². The summed E-state index contributed by atoms with van der Waals surface area (Å²) in [4.78, 5) is 10.5. The van der Waals surface area contributed by atoms with Crippen molar-refractivity contribution in [2.75, 3.05) is 25.0 Å². The molecule has 1 saturated heterocycles. The van der Waals surface area contributed by atoms with Crippen molar-refractivity contribution in [3.8, 4) is 0 Å². The molecule has 1 atom stereocenters. The van der Waals surface area contributed by atoms with Gasteiger partial charge in [0.1, 0.15) is 0 Å². The Morgan fingerprint density at radius 3 is 2.84 bits per heavy atom. The van der Waals surface area contributed by atoms with Gasteiger partial charge in [-0.2, -0.15) is 0 Å². The quantitative estimate of drug-likeness (QED) is 0.647. The van der Waals surface area contributed by atoms with E-state index in [2.05, 4.69) is 10.6 Å². The van der Waals surface area contributed by atoms with Crippen molar-refractivity contribution >= 4 is 11.4 Å². The third-order valence-corrected chi connectivity index (χ3v) is 3.72. The van der Waals surface area contributed by atoms with Gasteiger partial charge in [0.15, 0.2) is 0 Å². The summed E-state index contributed by atoms with van der Waals surface area (Å²) in [5, 5.41) is 17.7. The first kappa shape index (κ1) is 13.8. The lowest BCUT2D eigenvalue weighted by Crippen LogP contribution is -2.33. The predicted molar refractivity (Wildman–Crippen MR) is 76.7 cm³/mol. The van der Waals surface area contributed by atoms with Gasteiger partial charge in [-0.15, -0.1) is 0 Å². The van der Waals surface area contributed by atoms with Crippen LogP contribution in [0.15, 0.2) is 12.1 Å². The van der Waals surface area contributed by atoms with Crippen LogP contribution in [0, 0.1) is 29.9 Å². The number of rotatable bonds is 4. The van der Waals surface area contributed by atoms with E-state index in [-0.39, 0.29) is 10.6 Å². The summed E-state index contributed by atoms with van der Waals surface area (Å²) in [6, 6.07) is 3.53. The number of aryl methyl sites for hydroxylation is 2. The highest BCUT2D eigenvalue weighted by Gasteiger charge is 2.15. The number of benzene rings is 1. The summed E-state index contributed by atoms with van der Waals surface area (Å²) in [6.45, 7) is 6.79. The van der Waals surface area contributed by atoms with E-state index in [9.17, 15) is 10.1 Å². The molecule has 2 rings (SSSR count). The Labute approximate surface area is 113 Å². The number of piperidine rings is 1. The van der Waals surface area contributed by atoms with E-state index >= 15 is 0 Å². The molecule has 1 heterocycles. The molecule has 1 aliphatic rings. The molecule has 1 fully saturated rings. The molecule has 0 amide bonds. The molecule has 1 aromatic carbocycles. The van der Waals surface area contributed by atoms with Crippen LogP contribution in [0.3, 0.4) is 0 Å². The van der Waals surface area contributed by atoms with Crippen molar-refractivity contribution in [3.63, 3.8) is 0 Å². The van der Waals surface area contributed by atoms with Gasteiger partial charge < -0.3 is 10.6 Å². The van der Waals surface area contributed by atoms with Crippen LogP contribution in [-0.4, -0.2) is 24.6 Å². The lowest BCUT2D eigenvalue weighted by Gasteiger charge is -2.23. The summed E-state index contributed by atoms with van der Waals surface area (Å²) in [5.74, 6) is 0.642. The molecule has 0 radical (unpaired) electrons. The van der Waals surface area contributed by atoms with Crippen molar-refractivity contribution in [2.45, 2.75) is 26.7 Å². The van der Waals surface area contributed by atoms with Crippen LogP contribution in [0.4, 0.5) is 11.4 Å². The normalized spacial score (nSPS) is 19.2. The van der Waals surface area contributed by atoms with Crippen LogP contribution in [0.5, 0.6) is 0 Å². The maximum absolute atomic E-state index is 10.9. The van der Waals surface area contributed by atoms with Gasteiger partial charge in [0.25, 0.3) is 5.69 Å². The third kappa shape index (κ3) is 3.44. The Morgan fingerprint density at radius 2 is 2.21 bits per heavy atom. The van der Waals surface area contributed by atoms with Crippen LogP contribution in [0.2, 0.25) is 0 Å². The largest absolute Gasteiger partial charge is 0.384 e. The molecule has 1 unspecified atom stereocenters. The fourth-order valence-electron chi connectivity index (χ4n) is 2.54. The second-order valence-electron chi connectivity index (χ2n) is 5.30. The van der Waals surface area contributed by atoms with Crippen molar-refractivity contribution in [1.82, 2.24) is 5.32 Å². The fourth-order valence-corrected chi connectivity index (χ4v) is 2.54. The number of anilines is 1. The average Bonchev–Trinajstić information content (AvgIpc) is 2.40. The van der Waals surface area contributed by atoms with Crippen molar-refractivity contribution in [1.29, 1.82) is 0 Å². The summed E-state index contributed by atoms with van der Waals surface area (Å²) < 4.78 is 0. The van der Waals surface area contributed by atoms with Gasteiger partial charge in [-0.25, -0.2) is 0 Å². The zero-order valence-corrected chi connectivity index (χ0v) is 11.5. The minimum Gasteiger partial charge on any atom is -0.384 e. The van der Waals surface area contributed by atoms with E-state index in [4.69, 9.17) is 0 Å². The number of hydrogen-bond donors (Lipinski definition) is 2. The van der Waals surface area contributed by atoms with Crippen molar-refractivity contribution in [3.05, 3.63) is 33.4 Å². The molecule has 2 N–H and O–H groups in total. The minimum absolute atomic E-state index is 0.197. The van der Waals surface area contributed by atoms with Gasteiger partial charge in [-0.05, 0) is 57.3 Å². The standard InChI is InChI=1S/C14H21N3O2/c1-10-7-14(17(18)19)11(2)6-13(10)16-9-12-4-3-5-15-8-12/h6-7,12,15-16H,3-5,8-9H2,1-2H3. The number of nitro benzene ring substituents is 1. The molecule has 1 aliphatic heterocycles. The SMILES string of the molecule is Cc1cc([N+](=O)[O-])c(C)cc1NCC1CCCNC1. The monoisotopic (exact) mass is 263 g/mol. The van der Waals surface area contributed by atoms with Gasteiger partial charge in [0.05, 0.1) is 4.92 Å². The Kier molecular flexibility index (Phi) is 4.37. The Morgan fingerprint density at radius 1 is 1.42 bits per heavy atom. The first-order valence-corrected chi connectivity index (χ1v) is 6.78. The van der Waals surface area contributed by atoms with E-state index < -0.39 is 0 Å². The maximum atomic E-state index is 10.9. The summed E-state index contributed by atoms with van der Waals surface area (Å²) in [5.41, 5.74) is 2.84. The van der Waals surface area contributed by atoms with E-state index in [0.717, 1.165) is 30.9 Å². The van der Waals surface area contributed by atoms with Crippen molar-refractivity contribution in [2.24, 2.45) is 5.92 Å². The van der Waals surface area contributed by atoms with E-state index in [1.807, 2.05) is 13.0 Å². The lowest BCUT2D eigenvalue weighted by molar-refractivity contribution is -0.385. The van der Waals surface area contributed by atoms with Gasteiger partial charge in [0, 0.05) is 23.9 Å². The lowest BCUT2D eigenvalue weighted by atomic mass is 9.99. The van der Waals surface area contributed by atoms with Crippen LogP contribution in [-0.2, 0) is 0 Å². The van der Waals surface area contributed by atoms with Crippen LogP contribution >= 0.6 is 0 Å². The highest BCUT2D eigenvalue weighted by atomic mass is 16.6. The fraction of sp³-hybridized carbons (Fsp3) is 0.571. The molecule has 5 nitrogen and oxygen atoms in total. The van der Waals surface area contributed by atoms with Crippen LogP contribution in [0.25, 0.3) is 0 Å². The van der Waals surface area contributed by atoms with Gasteiger partial charge in [-0.1, -0.05) is 0 Å². The van der Waals surface area contributed by atoms with Crippen molar-refractivity contribution < 1.29 is 4.92 Å². The van der Waals surface area contributed by atoms with Crippen LogP contribution < -0.4 is 10.6 Å². The molecule has 0 aromatic heterocycles. The predicted octanol–water partition coefficient (Wildman–Crippen LogP) is 2.62. The van der Waals surface area contributed by atoms with E-state index in [1.54, 1.807) is 13.0 Å². The molecular weight excluding hydrogens is 242 g/mol. The summed E-state index contributed by atoms with van der Waals surface area (Å²) in [6.07, 6.45) is 2.47. The third-order valence-electron chi connectivity index (χ3n) is 3.72. The number of nitrogens with one attached hydrogen (secondary N) is 2. The van der Waals surface area contributed by atoms with Gasteiger partial charge >= 0.3 is 0 Å². The zero-order chi connectivity index (χ0) is 13.8. The Bertz CT molecular complexity index is 468. The molecule has 0 spiro atoms. The molecule has 104 valence electrons. The number of nitrogens with zero attached hydrogens (tertiary/aromatic N) is 1. The van der Waals surface area contributed by atoms with Gasteiger partial charge in [0.2, 0.25) is 0 Å². The number of nitro groups is 1. The maximum Gasteiger partial charge on any atom is 0.272 e. The summed E-state index contributed by atoms with van der Waals surface area (Å²) >= 11 is 0. The van der Waals surface area contributed by atoms with Crippen LogP contribution in [0.1, 0.15) is 24.0 Å². The first-order valence-electron chi connectivity index (χ1n) is 6.78. The molecule has 0 saturated carbocycles.